The first-order chi connectivity index (χ1) is 5.43. The van der Waals surface area contributed by atoms with Gasteiger partial charge in [-0.15, -0.1) is 0 Å². The lowest BCUT2D eigenvalue weighted by atomic mass is 10.4. The summed E-state index contributed by atoms with van der Waals surface area (Å²) in [7, 11) is 0. The summed E-state index contributed by atoms with van der Waals surface area (Å²) < 4.78 is 0. The standard InChI is InChI=1S/C9H9BrS/c10-7-4-8-11-9-5-2-1-3-6-9/h1-6,8H,7H2/b8-4-. The van der Waals surface area contributed by atoms with Crippen molar-refractivity contribution in [2.75, 3.05) is 5.33 Å². The number of halogens is 1. The highest BCUT2D eigenvalue weighted by molar-refractivity contribution is 9.09. The Balaban J connectivity index is 2.45. The molecule has 0 amide bonds. The smallest absolute Gasteiger partial charge is 0.0220 e. The van der Waals surface area contributed by atoms with Gasteiger partial charge < -0.3 is 0 Å². The van der Waals surface area contributed by atoms with Crippen molar-refractivity contribution in [3.05, 3.63) is 41.8 Å². The lowest BCUT2D eigenvalue weighted by molar-refractivity contribution is 1.47. The normalized spacial score (nSPS) is 10.6. The molecule has 0 aromatic heterocycles. The van der Waals surface area contributed by atoms with Crippen LogP contribution >= 0.6 is 27.7 Å². The molecular formula is C9H9BrS. The molecule has 0 N–H and O–H groups in total. The second-order valence-corrected chi connectivity index (χ2v) is 3.58. The van der Waals surface area contributed by atoms with Crippen molar-refractivity contribution in [1.82, 2.24) is 0 Å². The SMILES string of the molecule is BrC/C=C\Sc1ccccc1. The minimum Gasteiger partial charge on any atom is -0.0984 e. The summed E-state index contributed by atoms with van der Waals surface area (Å²) >= 11 is 5.06. The van der Waals surface area contributed by atoms with E-state index in [1.165, 1.54) is 4.90 Å². The fourth-order valence-electron chi connectivity index (χ4n) is 0.662. The van der Waals surface area contributed by atoms with Gasteiger partial charge in [-0.2, -0.15) is 0 Å². The highest BCUT2D eigenvalue weighted by Crippen LogP contribution is 2.17. The fraction of sp³-hybridized carbons (Fsp3) is 0.111. The lowest BCUT2D eigenvalue weighted by Gasteiger charge is -1.92. The molecule has 0 saturated carbocycles. The van der Waals surface area contributed by atoms with E-state index in [1.54, 1.807) is 11.8 Å². The molecule has 0 bridgehead atoms. The molecule has 0 saturated heterocycles. The molecule has 1 aromatic carbocycles. The summed E-state index contributed by atoms with van der Waals surface area (Å²) in [5.41, 5.74) is 0. The van der Waals surface area contributed by atoms with Crippen molar-refractivity contribution in [3.63, 3.8) is 0 Å². The fourth-order valence-corrected chi connectivity index (χ4v) is 1.76. The van der Waals surface area contributed by atoms with Crippen LogP contribution in [0.3, 0.4) is 0 Å². The molecule has 0 spiro atoms. The van der Waals surface area contributed by atoms with Gasteiger partial charge in [0.05, 0.1) is 0 Å². The van der Waals surface area contributed by atoms with E-state index in [9.17, 15) is 0 Å². The van der Waals surface area contributed by atoms with Gasteiger partial charge in [0.2, 0.25) is 0 Å². The Hall–Kier alpha value is -0.210. The average molecular weight is 229 g/mol. The van der Waals surface area contributed by atoms with Crippen molar-refractivity contribution in [2.24, 2.45) is 0 Å². The summed E-state index contributed by atoms with van der Waals surface area (Å²) in [6.45, 7) is 0. The third kappa shape index (κ3) is 3.63. The zero-order valence-electron chi connectivity index (χ0n) is 6.03. The zero-order valence-corrected chi connectivity index (χ0v) is 8.44. The van der Waals surface area contributed by atoms with Gasteiger partial charge in [0.15, 0.2) is 0 Å². The second kappa shape index (κ2) is 5.44. The second-order valence-electron chi connectivity index (χ2n) is 1.96. The first-order valence-electron chi connectivity index (χ1n) is 3.36. The maximum Gasteiger partial charge on any atom is 0.0220 e. The number of hydrogen-bond donors (Lipinski definition) is 0. The van der Waals surface area contributed by atoms with E-state index >= 15 is 0 Å². The van der Waals surface area contributed by atoms with Gasteiger partial charge in [-0.1, -0.05) is 52.0 Å². The molecule has 0 aliphatic heterocycles. The number of thioether (sulfide) groups is 1. The van der Waals surface area contributed by atoms with Gasteiger partial charge in [0.25, 0.3) is 0 Å². The van der Waals surface area contributed by atoms with E-state index in [2.05, 4.69) is 39.5 Å². The van der Waals surface area contributed by atoms with Crippen LogP contribution in [0.4, 0.5) is 0 Å². The van der Waals surface area contributed by atoms with Crippen LogP contribution in [0.2, 0.25) is 0 Å². The molecule has 1 aromatic rings. The molecule has 0 nitrogen and oxygen atoms in total. The number of rotatable bonds is 3. The monoisotopic (exact) mass is 228 g/mol. The zero-order chi connectivity index (χ0) is 7.94. The predicted molar refractivity (Wildman–Crippen MR) is 55.2 cm³/mol. The number of hydrogen-bond acceptors (Lipinski definition) is 1. The third-order valence-electron chi connectivity index (χ3n) is 1.13. The highest BCUT2D eigenvalue weighted by Gasteiger charge is 1.84. The maximum atomic E-state index is 3.32. The van der Waals surface area contributed by atoms with Gasteiger partial charge in [0, 0.05) is 10.2 Å². The minimum atomic E-state index is 0.923. The molecular weight excluding hydrogens is 220 g/mol. The van der Waals surface area contributed by atoms with Crippen LogP contribution in [-0.2, 0) is 0 Å². The maximum absolute atomic E-state index is 3.32. The van der Waals surface area contributed by atoms with Crippen LogP contribution in [-0.4, -0.2) is 5.33 Å². The minimum absolute atomic E-state index is 0.923. The summed E-state index contributed by atoms with van der Waals surface area (Å²) in [5, 5.41) is 3.01. The van der Waals surface area contributed by atoms with Gasteiger partial charge in [-0.3, -0.25) is 0 Å². The topological polar surface area (TPSA) is 0 Å². The molecule has 2 heteroatoms. The number of benzene rings is 1. The van der Waals surface area contributed by atoms with Gasteiger partial charge in [0.1, 0.15) is 0 Å². The van der Waals surface area contributed by atoms with Crippen molar-refractivity contribution >= 4 is 27.7 Å². The Bertz CT molecular complexity index is 218. The first kappa shape index (κ1) is 8.88. The molecule has 0 heterocycles. The van der Waals surface area contributed by atoms with Crippen molar-refractivity contribution in [2.45, 2.75) is 4.90 Å². The van der Waals surface area contributed by atoms with Crippen LogP contribution in [0.15, 0.2) is 46.7 Å². The van der Waals surface area contributed by atoms with Crippen LogP contribution in [0.5, 0.6) is 0 Å². The Morgan fingerprint density at radius 3 is 2.64 bits per heavy atom. The van der Waals surface area contributed by atoms with Crippen molar-refractivity contribution in [3.8, 4) is 0 Å². The van der Waals surface area contributed by atoms with Gasteiger partial charge in [-0.05, 0) is 17.5 Å². The van der Waals surface area contributed by atoms with E-state index in [0.29, 0.717) is 0 Å². The van der Waals surface area contributed by atoms with E-state index in [-0.39, 0.29) is 0 Å². The summed E-state index contributed by atoms with van der Waals surface area (Å²) in [6, 6.07) is 10.3. The Labute approximate surface area is 79.8 Å². The Kier molecular flexibility index (Phi) is 4.39. The molecule has 58 valence electrons. The van der Waals surface area contributed by atoms with Crippen LogP contribution in [0, 0.1) is 0 Å². The average Bonchev–Trinajstić information content (AvgIpc) is 2.07. The van der Waals surface area contributed by atoms with Crippen LogP contribution in [0.25, 0.3) is 0 Å². The predicted octanol–water partition coefficient (Wildman–Crippen LogP) is 3.69. The van der Waals surface area contributed by atoms with Gasteiger partial charge >= 0.3 is 0 Å². The van der Waals surface area contributed by atoms with Crippen molar-refractivity contribution in [1.29, 1.82) is 0 Å². The number of alkyl halides is 1. The molecule has 0 radical (unpaired) electrons. The molecule has 0 unspecified atom stereocenters. The quantitative estimate of drug-likeness (QED) is 0.562. The Morgan fingerprint density at radius 1 is 1.27 bits per heavy atom. The highest BCUT2D eigenvalue weighted by atomic mass is 79.9. The summed E-state index contributed by atoms with van der Waals surface area (Å²) in [4.78, 5) is 1.28. The summed E-state index contributed by atoms with van der Waals surface area (Å²) in [5.74, 6) is 0. The molecule has 1 rings (SSSR count). The van der Waals surface area contributed by atoms with Crippen LogP contribution < -0.4 is 0 Å². The Morgan fingerprint density at radius 2 is 2.00 bits per heavy atom. The number of allylic oxidation sites excluding steroid dienone is 1. The van der Waals surface area contributed by atoms with E-state index in [1.807, 2.05) is 18.2 Å². The van der Waals surface area contributed by atoms with Crippen LogP contribution in [0.1, 0.15) is 0 Å². The molecule has 0 aliphatic rings. The van der Waals surface area contributed by atoms with E-state index < -0.39 is 0 Å². The molecule has 0 fully saturated rings. The van der Waals surface area contributed by atoms with E-state index in [4.69, 9.17) is 0 Å². The molecule has 0 aliphatic carbocycles. The third-order valence-corrected chi connectivity index (χ3v) is 2.38. The first-order valence-corrected chi connectivity index (χ1v) is 5.36. The molecule has 11 heavy (non-hydrogen) atoms. The lowest BCUT2D eigenvalue weighted by Crippen LogP contribution is -1.64. The summed E-state index contributed by atoms with van der Waals surface area (Å²) in [6.07, 6.45) is 2.08. The van der Waals surface area contributed by atoms with E-state index in [0.717, 1.165) is 5.33 Å². The molecule has 0 atom stereocenters. The van der Waals surface area contributed by atoms with Gasteiger partial charge in [-0.25, -0.2) is 0 Å². The van der Waals surface area contributed by atoms with Crippen molar-refractivity contribution < 1.29 is 0 Å². The largest absolute Gasteiger partial charge is 0.0984 e.